The smallest absolute Gasteiger partial charge is 0.225 e. The second-order valence-electron chi connectivity index (χ2n) is 9.56. The van der Waals surface area contributed by atoms with Crippen molar-refractivity contribution in [2.75, 3.05) is 31.1 Å². The molecule has 2 atom stereocenters. The number of anilines is 1. The fourth-order valence-corrected chi connectivity index (χ4v) is 6.10. The number of likely N-dealkylation sites (tertiary alicyclic amines) is 1. The summed E-state index contributed by atoms with van der Waals surface area (Å²) in [5.41, 5.74) is 4.22. The summed E-state index contributed by atoms with van der Waals surface area (Å²) in [4.78, 5) is 20.2. The number of nitrogens with zero attached hydrogens (tertiary/aromatic N) is 3. The first-order chi connectivity index (χ1) is 13.7. The topological polar surface area (TPSA) is 26.8 Å². The van der Waals surface area contributed by atoms with Crippen LogP contribution in [0.2, 0.25) is 0 Å². The van der Waals surface area contributed by atoms with Gasteiger partial charge in [0.15, 0.2) is 0 Å². The van der Waals surface area contributed by atoms with Gasteiger partial charge in [0.2, 0.25) is 5.91 Å². The van der Waals surface area contributed by atoms with Gasteiger partial charge in [-0.3, -0.25) is 9.69 Å². The maximum absolute atomic E-state index is 12.8. The van der Waals surface area contributed by atoms with Crippen molar-refractivity contribution in [1.29, 1.82) is 0 Å². The van der Waals surface area contributed by atoms with E-state index >= 15 is 0 Å². The van der Waals surface area contributed by atoms with Gasteiger partial charge in [-0.25, -0.2) is 0 Å². The highest BCUT2D eigenvalue weighted by Gasteiger charge is 2.33. The van der Waals surface area contributed by atoms with Crippen molar-refractivity contribution in [2.24, 2.45) is 5.92 Å². The summed E-state index contributed by atoms with van der Waals surface area (Å²) in [7, 11) is 0. The van der Waals surface area contributed by atoms with Gasteiger partial charge in [0.25, 0.3) is 0 Å². The van der Waals surface area contributed by atoms with Crippen LogP contribution in [-0.4, -0.2) is 54.0 Å². The van der Waals surface area contributed by atoms with Gasteiger partial charge in [0.1, 0.15) is 0 Å². The minimum atomic E-state index is 0.301. The van der Waals surface area contributed by atoms with Crippen molar-refractivity contribution in [1.82, 2.24) is 9.80 Å². The SMILES string of the molecule is C[C@H]1CCCN1[C@H]1CCN(c2ccc3c(c2)CCN(C(=O)C2CCCC2)C3)C1. The van der Waals surface area contributed by atoms with Gasteiger partial charge in [0.05, 0.1) is 0 Å². The molecule has 1 aromatic rings. The summed E-state index contributed by atoms with van der Waals surface area (Å²) in [6.45, 7) is 7.76. The molecule has 152 valence electrons. The fraction of sp³-hybridized carbons (Fsp3) is 0.708. The molecule has 28 heavy (non-hydrogen) atoms. The Hall–Kier alpha value is -1.55. The molecule has 5 rings (SSSR count). The zero-order valence-electron chi connectivity index (χ0n) is 17.4. The quantitative estimate of drug-likeness (QED) is 0.796. The molecular weight excluding hydrogens is 346 g/mol. The molecule has 2 saturated heterocycles. The number of benzene rings is 1. The number of carbonyl (C=O) groups excluding carboxylic acids is 1. The summed E-state index contributed by atoms with van der Waals surface area (Å²) in [5, 5.41) is 0. The molecule has 4 nitrogen and oxygen atoms in total. The highest BCUT2D eigenvalue weighted by molar-refractivity contribution is 5.79. The molecule has 3 aliphatic heterocycles. The Morgan fingerprint density at radius 1 is 0.964 bits per heavy atom. The van der Waals surface area contributed by atoms with E-state index in [0.717, 1.165) is 44.4 Å². The maximum atomic E-state index is 12.8. The lowest BCUT2D eigenvalue weighted by Crippen LogP contribution is -2.40. The van der Waals surface area contributed by atoms with Crippen molar-refractivity contribution >= 4 is 11.6 Å². The van der Waals surface area contributed by atoms with Crippen LogP contribution in [0.1, 0.15) is 63.0 Å². The molecule has 0 N–H and O–H groups in total. The summed E-state index contributed by atoms with van der Waals surface area (Å²) < 4.78 is 0. The van der Waals surface area contributed by atoms with Gasteiger partial charge >= 0.3 is 0 Å². The lowest BCUT2D eigenvalue weighted by atomic mass is 9.97. The Morgan fingerprint density at radius 3 is 2.61 bits per heavy atom. The number of fused-ring (bicyclic) bond motifs is 1. The van der Waals surface area contributed by atoms with Crippen molar-refractivity contribution in [3.05, 3.63) is 29.3 Å². The highest BCUT2D eigenvalue weighted by Crippen LogP contribution is 2.32. The van der Waals surface area contributed by atoms with E-state index in [4.69, 9.17) is 0 Å². The first-order valence-corrected chi connectivity index (χ1v) is 11.6. The van der Waals surface area contributed by atoms with E-state index in [0.29, 0.717) is 11.8 Å². The zero-order chi connectivity index (χ0) is 19.1. The predicted octanol–water partition coefficient (Wildman–Crippen LogP) is 3.82. The summed E-state index contributed by atoms with van der Waals surface area (Å²) in [6, 6.07) is 8.51. The molecule has 4 aliphatic rings. The molecule has 0 unspecified atom stereocenters. The van der Waals surface area contributed by atoms with E-state index < -0.39 is 0 Å². The Bertz CT molecular complexity index is 727. The van der Waals surface area contributed by atoms with E-state index in [1.54, 1.807) is 0 Å². The number of amides is 1. The molecule has 3 fully saturated rings. The van der Waals surface area contributed by atoms with Crippen LogP contribution < -0.4 is 4.90 Å². The van der Waals surface area contributed by atoms with Crippen LogP contribution in [0.5, 0.6) is 0 Å². The summed E-state index contributed by atoms with van der Waals surface area (Å²) >= 11 is 0. The van der Waals surface area contributed by atoms with Crippen molar-refractivity contribution in [2.45, 2.75) is 76.9 Å². The summed E-state index contributed by atoms with van der Waals surface area (Å²) in [6.07, 6.45) is 9.72. The lowest BCUT2D eigenvalue weighted by molar-refractivity contribution is -0.136. The van der Waals surface area contributed by atoms with E-state index in [-0.39, 0.29) is 0 Å². The first kappa shape index (κ1) is 18.5. The molecular formula is C24H35N3O. The lowest BCUT2D eigenvalue weighted by Gasteiger charge is -2.32. The number of carbonyl (C=O) groups is 1. The zero-order valence-corrected chi connectivity index (χ0v) is 17.4. The van der Waals surface area contributed by atoms with Crippen LogP contribution in [0.15, 0.2) is 18.2 Å². The molecule has 0 bridgehead atoms. The Labute approximate surface area is 169 Å². The standard InChI is InChI=1S/C24H35N3O/c1-18-5-4-12-27(18)23-11-14-25(17-23)22-9-8-21-16-26(13-10-20(21)15-22)24(28)19-6-2-3-7-19/h8-9,15,18-19,23H,2-7,10-14,16-17H2,1H3/t18-,23-/m0/s1. The Kier molecular flexibility index (Phi) is 5.08. The van der Waals surface area contributed by atoms with Gasteiger partial charge in [0, 0.05) is 49.9 Å². The molecule has 1 aliphatic carbocycles. The molecule has 3 heterocycles. The number of hydrogen-bond acceptors (Lipinski definition) is 3. The average Bonchev–Trinajstić information content (AvgIpc) is 3.48. The second-order valence-corrected chi connectivity index (χ2v) is 9.56. The third-order valence-electron chi connectivity index (χ3n) is 7.82. The van der Waals surface area contributed by atoms with E-state index in [9.17, 15) is 4.79 Å². The minimum Gasteiger partial charge on any atom is -0.370 e. The van der Waals surface area contributed by atoms with Gasteiger partial charge < -0.3 is 9.80 Å². The van der Waals surface area contributed by atoms with Crippen LogP contribution >= 0.6 is 0 Å². The molecule has 0 radical (unpaired) electrons. The predicted molar refractivity (Wildman–Crippen MR) is 114 cm³/mol. The third-order valence-corrected chi connectivity index (χ3v) is 7.82. The van der Waals surface area contributed by atoms with Crippen LogP contribution in [0.3, 0.4) is 0 Å². The van der Waals surface area contributed by atoms with E-state index in [1.165, 1.54) is 68.6 Å². The van der Waals surface area contributed by atoms with Crippen LogP contribution in [0.4, 0.5) is 5.69 Å². The molecule has 0 spiro atoms. The van der Waals surface area contributed by atoms with Crippen LogP contribution in [0.25, 0.3) is 0 Å². The average molecular weight is 382 g/mol. The molecule has 4 heteroatoms. The van der Waals surface area contributed by atoms with E-state index in [1.807, 2.05) is 0 Å². The molecule has 1 amide bonds. The molecule has 1 saturated carbocycles. The molecule has 1 aromatic carbocycles. The fourth-order valence-electron chi connectivity index (χ4n) is 6.10. The normalized spacial score (nSPS) is 28.9. The minimum absolute atomic E-state index is 0.301. The van der Waals surface area contributed by atoms with Gasteiger partial charge in [-0.1, -0.05) is 18.9 Å². The van der Waals surface area contributed by atoms with Gasteiger partial charge in [-0.2, -0.15) is 0 Å². The monoisotopic (exact) mass is 381 g/mol. The molecule has 0 aromatic heterocycles. The second kappa shape index (κ2) is 7.70. The Balaban J connectivity index is 1.24. The van der Waals surface area contributed by atoms with E-state index in [2.05, 4.69) is 39.8 Å². The van der Waals surface area contributed by atoms with Gasteiger partial charge in [-0.15, -0.1) is 0 Å². The Morgan fingerprint density at radius 2 is 1.82 bits per heavy atom. The van der Waals surface area contributed by atoms with Gasteiger partial charge in [-0.05, 0) is 75.3 Å². The van der Waals surface area contributed by atoms with Crippen molar-refractivity contribution < 1.29 is 4.79 Å². The highest BCUT2D eigenvalue weighted by atomic mass is 16.2. The third kappa shape index (κ3) is 3.45. The van der Waals surface area contributed by atoms with Crippen molar-refractivity contribution in [3.63, 3.8) is 0 Å². The number of rotatable bonds is 3. The summed E-state index contributed by atoms with van der Waals surface area (Å²) in [5.74, 6) is 0.713. The largest absolute Gasteiger partial charge is 0.370 e. The maximum Gasteiger partial charge on any atom is 0.225 e. The number of hydrogen-bond donors (Lipinski definition) is 0. The first-order valence-electron chi connectivity index (χ1n) is 11.6. The van der Waals surface area contributed by atoms with Crippen molar-refractivity contribution in [3.8, 4) is 0 Å². The van der Waals surface area contributed by atoms with Crippen LogP contribution in [-0.2, 0) is 17.8 Å². The van der Waals surface area contributed by atoms with Crippen LogP contribution in [0, 0.1) is 5.92 Å².